The molecule has 9 heteroatoms. The number of nitrogens with one attached hydrogen (secondary N) is 1. The molecule has 0 bridgehead atoms. The highest BCUT2D eigenvalue weighted by molar-refractivity contribution is 7.98. The van der Waals surface area contributed by atoms with Gasteiger partial charge in [-0.15, -0.1) is 11.8 Å². The molecule has 3 fully saturated rings. The highest BCUT2D eigenvalue weighted by Gasteiger charge is 2.41. The molecule has 3 aliphatic rings. The molecule has 166 valence electrons. The molecule has 4 rings (SSSR count). The summed E-state index contributed by atoms with van der Waals surface area (Å²) < 4.78 is 19.4. The summed E-state index contributed by atoms with van der Waals surface area (Å²) >= 11 is 1.77. The molecule has 1 saturated carbocycles. The molecule has 0 aromatic carbocycles. The standard InChI is InChI=1S/C21H32FN5O2S/c1-30-14-25-18-3-2-8-27(20(28)15-4-5-15)19(18)13-29-17-6-9-26(10-7-17)21-23-11-16(22)12-24-21/h11-12,15,17-19,25H,2-10,13-14H2,1H3/t18-,19-/m0/s1. The number of nitrogens with zero attached hydrogens (tertiary/aromatic N) is 4. The number of anilines is 1. The lowest BCUT2D eigenvalue weighted by Crippen LogP contribution is -2.58. The normalized spacial score (nSPS) is 25.5. The van der Waals surface area contributed by atoms with Gasteiger partial charge in [-0.25, -0.2) is 14.4 Å². The van der Waals surface area contributed by atoms with Crippen molar-refractivity contribution < 1.29 is 13.9 Å². The number of carbonyl (C=O) groups excluding carboxylic acids is 1. The summed E-state index contributed by atoms with van der Waals surface area (Å²) in [6, 6.07) is 0.402. The monoisotopic (exact) mass is 437 g/mol. The minimum absolute atomic E-state index is 0.109. The molecule has 1 N–H and O–H groups in total. The van der Waals surface area contributed by atoms with Crippen molar-refractivity contribution >= 4 is 23.6 Å². The zero-order valence-electron chi connectivity index (χ0n) is 17.6. The van der Waals surface area contributed by atoms with E-state index in [4.69, 9.17) is 4.74 Å². The van der Waals surface area contributed by atoms with E-state index in [0.717, 1.165) is 64.0 Å². The number of hydrogen-bond acceptors (Lipinski definition) is 7. The second kappa shape index (κ2) is 10.2. The lowest BCUT2D eigenvalue weighted by Gasteiger charge is -2.42. The van der Waals surface area contributed by atoms with Crippen molar-refractivity contribution in [3.63, 3.8) is 0 Å². The van der Waals surface area contributed by atoms with E-state index in [1.165, 1.54) is 12.4 Å². The largest absolute Gasteiger partial charge is 0.376 e. The first-order valence-electron chi connectivity index (χ1n) is 11.0. The molecule has 1 aromatic heterocycles. The van der Waals surface area contributed by atoms with Gasteiger partial charge in [0.2, 0.25) is 11.9 Å². The van der Waals surface area contributed by atoms with Crippen LogP contribution in [0.4, 0.5) is 10.3 Å². The Bertz CT molecular complexity index is 697. The van der Waals surface area contributed by atoms with E-state index in [-0.39, 0.29) is 18.1 Å². The second-order valence-corrected chi connectivity index (χ2v) is 9.35. The molecule has 1 aromatic rings. The van der Waals surface area contributed by atoms with Crippen LogP contribution in [0.1, 0.15) is 38.5 Å². The predicted octanol–water partition coefficient (Wildman–Crippen LogP) is 2.28. The molecular formula is C21H32FN5O2S. The molecular weight excluding hydrogens is 405 g/mol. The number of hydrogen-bond donors (Lipinski definition) is 1. The summed E-state index contributed by atoms with van der Waals surface area (Å²) in [6.07, 6.45) is 10.7. The number of rotatable bonds is 8. The molecule has 3 heterocycles. The van der Waals surface area contributed by atoms with E-state index < -0.39 is 5.82 Å². The summed E-state index contributed by atoms with van der Waals surface area (Å²) in [5, 5.41) is 3.62. The van der Waals surface area contributed by atoms with Crippen molar-refractivity contribution in [3.05, 3.63) is 18.2 Å². The zero-order chi connectivity index (χ0) is 20.9. The maximum absolute atomic E-state index is 13.0. The number of ether oxygens (including phenoxy) is 1. The van der Waals surface area contributed by atoms with Crippen molar-refractivity contribution in [2.45, 2.75) is 56.7 Å². The van der Waals surface area contributed by atoms with Gasteiger partial charge in [0, 0.05) is 37.5 Å². The average Bonchev–Trinajstić information content (AvgIpc) is 3.62. The maximum Gasteiger partial charge on any atom is 0.226 e. The molecule has 1 aliphatic carbocycles. The van der Waals surface area contributed by atoms with E-state index >= 15 is 0 Å². The number of aromatic nitrogens is 2. The van der Waals surface area contributed by atoms with Crippen LogP contribution >= 0.6 is 11.8 Å². The Kier molecular flexibility index (Phi) is 7.43. The zero-order valence-corrected chi connectivity index (χ0v) is 18.5. The molecule has 1 amide bonds. The first-order chi connectivity index (χ1) is 14.7. The number of amides is 1. The topological polar surface area (TPSA) is 70.6 Å². The Balaban J connectivity index is 1.31. The number of piperidine rings is 2. The van der Waals surface area contributed by atoms with Gasteiger partial charge in [-0.3, -0.25) is 4.79 Å². The third kappa shape index (κ3) is 5.42. The Morgan fingerprint density at radius 3 is 2.60 bits per heavy atom. The smallest absolute Gasteiger partial charge is 0.226 e. The highest BCUT2D eigenvalue weighted by atomic mass is 32.2. The minimum Gasteiger partial charge on any atom is -0.376 e. The summed E-state index contributed by atoms with van der Waals surface area (Å²) in [6.45, 7) is 3.02. The molecule has 7 nitrogen and oxygen atoms in total. The van der Waals surface area contributed by atoms with Gasteiger partial charge in [0.15, 0.2) is 5.82 Å². The quantitative estimate of drug-likeness (QED) is 0.626. The number of thioether (sulfide) groups is 1. The lowest BCUT2D eigenvalue weighted by molar-refractivity contribution is -0.140. The van der Waals surface area contributed by atoms with Gasteiger partial charge in [0.1, 0.15) is 0 Å². The van der Waals surface area contributed by atoms with Crippen LogP contribution in [-0.2, 0) is 9.53 Å². The Morgan fingerprint density at radius 1 is 1.20 bits per heavy atom. The number of likely N-dealkylation sites (tertiary alicyclic amines) is 1. The highest BCUT2D eigenvalue weighted by Crippen LogP contribution is 2.33. The Hall–Kier alpha value is -1.45. The van der Waals surface area contributed by atoms with E-state index in [2.05, 4.69) is 31.3 Å². The molecule has 0 spiro atoms. The van der Waals surface area contributed by atoms with Gasteiger partial charge < -0.3 is 19.9 Å². The summed E-state index contributed by atoms with van der Waals surface area (Å²) in [7, 11) is 0. The number of halogens is 1. The molecule has 0 radical (unpaired) electrons. The van der Waals surface area contributed by atoms with E-state index in [9.17, 15) is 9.18 Å². The first-order valence-corrected chi connectivity index (χ1v) is 12.4. The van der Waals surface area contributed by atoms with Crippen molar-refractivity contribution in [1.29, 1.82) is 0 Å². The molecule has 2 saturated heterocycles. The van der Waals surface area contributed by atoms with Crippen LogP contribution in [0.2, 0.25) is 0 Å². The number of carbonyl (C=O) groups is 1. The van der Waals surface area contributed by atoms with Crippen LogP contribution in [0.3, 0.4) is 0 Å². The first kappa shape index (κ1) is 21.8. The summed E-state index contributed by atoms with van der Waals surface area (Å²) in [4.78, 5) is 25.2. The van der Waals surface area contributed by atoms with Crippen molar-refractivity contribution in [2.24, 2.45) is 5.92 Å². The minimum atomic E-state index is -0.417. The lowest BCUT2D eigenvalue weighted by atomic mass is 9.96. The average molecular weight is 438 g/mol. The fourth-order valence-corrected chi connectivity index (χ4v) is 4.84. The second-order valence-electron chi connectivity index (χ2n) is 8.48. The van der Waals surface area contributed by atoms with Gasteiger partial charge in [-0.1, -0.05) is 0 Å². The van der Waals surface area contributed by atoms with Crippen LogP contribution in [0.15, 0.2) is 12.4 Å². The maximum atomic E-state index is 13.0. The fraction of sp³-hybridized carbons (Fsp3) is 0.762. The summed E-state index contributed by atoms with van der Waals surface area (Å²) in [5.41, 5.74) is 0. The molecule has 0 unspecified atom stereocenters. The van der Waals surface area contributed by atoms with Crippen LogP contribution < -0.4 is 10.2 Å². The van der Waals surface area contributed by atoms with E-state index in [1.54, 1.807) is 11.8 Å². The third-order valence-corrected chi connectivity index (χ3v) is 6.77. The van der Waals surface area contributed by atoms with Gasteiger partial charge in [-0.05, 0) is 44.8 Å². The van der Waals surface area contributed by atoms with Crippen LogP contribution in [-0.4, -0.2) is 77.3 Å². The van der Waals surface area contributed by atoms with Gasteiger partial charge >= 0.3 is 0 Å². The Labute approximate surface area is 182 Å². The van der Waals surface area contributed by atoms with Gasteiger partial charge in [0.25, 0.3) is 0 Å². The Morgan fingerprint density at radius 2 is 1.93 bits per heavy atom. The molecule has 2 atom stereocenters. The fourth-order valence-electron chi connectivity index (χ4n) is 4.46. The van der Waals surface area contributed by atoms with Crippen molar-refractivity contribution in [2.75, 3.05) is 43.3 Å². The predicted molar refractivity (Wildman–Crippen MR) is 116 cm³/mol. The van der Waals surface area contributed by atoms with Crippen molar-refractivity contribution in [1.82, 2.24) is 20.2 Å². The summed E-state index contributed by atoms with van der Waals surface area (Å²) in [5.74, 6) is 1.61. The molecule has 2 aliphatic heterocycles. The van der Waals surface area contributed by atoms with Crippen LogP contribution in [0.5, 0.6) is 0 Å². The molecule has 30 heavy (non-hydrogen) atoms. The van der Waals surface area contributed by atoms with E-state index in [0.29, 0.717) is 24.5 Å². The van der Waals surface area contributed by atoms with Gasteiger partial charge in [0.05, 0.1) is 31.1 Å². The van der Waals surface area contributed by atoms with Gasteiger partial charge in [-0.2, -0.15) is 0 Å². The van der Waals surface area contributed by atoms with Crippen LogP contribution in [0, 0.1) is 11.7 Å². The SMILES string of the molecule is CSCN[C@H]1CCCN(C(=O)C2CC2)[C@H]1COC1CCN(c2ncc(F)cn2)CC1. The van der Waals surface area contributed by atoms with Crippen LogP contribution in [0.25, 0.3) is 0 Å². The van der Waals surface area contributed by atoms with E-state index in [1.807, 2.05) is 0 Å². The third-order valence-electron chi connectivity index (χ3n) is 6.31. The van der Waals surface area contributed by atoms with Crippen molar-refractivity contribution in [3.8, 4) is 0 Å².